The van der Waals surface area contributed by atoms with Crippen LogP contribution in [-0.4, -0.2) is 25.8 Å². The molecule has 0 aromatic heterocycles. The number of fused-ring (bicyclic) bond motifs is 3. The molecule has 3 aliphatic heterocycles. The summed E-state index contributed by atoms with van der Waals surface area (Å²) >= 11 is 0. The zero-order chi connectivity index (χ0) is 10.4. The van der Waals surface area contributed by atoms with Crippen LogP contribution in [0.5, 0.6) is 0 Å². The van der Waals surface area contributed by atoms with Crippen LogP contribution >= 0.6 is 0 Å². The van der Waals surface area contributed by atoms with Crippen LogP contribution in [-0.2, 0) is 14.2 Å². The first-order chi connectivity index (χ1) is 6.43. The molecule has 0 saturated carbocycles. The zero-order valence-electron chi connectivity index (χ0n) is 8.79. The van der Waals surface area contributed by atoms with Gasteiger partial charge in [-0.1, -0.05) is 6.92 Å². The molecule has 0 amide bonds. The first-order valence-electron chi connectivity index (χ1n) is 4.76. The summed E-state index contributed by atoms with van der Waals surface area (Å²) in [5.41, 5.74) is -0.831. The van der Waals surface area contributed by atoms with Crippen LogP contribution in [0.1, 0.15) is 20.8 Å². The number of nitriles is 1. The maximum absolute atomic E-state index is 9.03. The third kappa shape index (κ3) is 1.17. The maximum atomic E-state index is 9.03. The van der Waals surface area contributed by atoms with Gasteiger partial charge in [-0.15, -0.1) is 0 Å². The molecule has 14 heavy (non-hydrogen) atoms. The molecule has 0 radical (unpaired) electrons. The molecule has 3 rings (SSSR count). The Morgan fingerprint density at radius 2 is 1.57 bits per heavy atom. The van der Waals surface area contributed by atoms with Gasteiger partial charge in [-0.25, -0.2) is 0 Å². The van der Waals surface area contributed by atoms with Gasteiger partial charge in [-0.05, 0) is 13.8 Å². The molecule has 0 unspecified atom stereocenters. The predicted molar refractivity (Wildman–Crippen MR) is 48.1 cm³/mol. The van der Waals surface area contributed by atoms with Gasteiger partial charge >= 0.3 is 5.97 Å². The fourth-order valence-electron chi connectivity index (χ4n) is 1.67. The molecule has 4 nitrogen and oxygen atoms in total. The van der Waals surface area contributed by atoms with Crippen molar-refractivity contribution in [1.82, 2.24) is 0 Å². The SMILES string of the molecule is CC12COC(C(C)(C)C#N)(OC1)OC2. The lowest BCUT2D eigenvalue weighted by molar-refractivity contribution is -0.491. The van der Waals surface area contributed by atoms with E-state index in [2.05, 4.69) is 13.0 Å². The highest BCUT2D eigenvalue weighted by molar-refractivity contribution is 5.03. The molecule has 3 fully saturated rings. The van der Waals surface area contributed by atoms with Gasteiger partial charge in [-0.3, -0.25) is 0 Å². The number of rotatable bonds is 1. The lowest BCUT2D eigenvalue weighted by atomic mass is 9.85. The summed E-state index contributed by atoms with van der Waals surface area (Å²) in [6, 6.07) is 2.16. The van der Waals surface area contributed by atoms with Crippen molar-refractivity contribution in [3.05, 3.63) is 0 Å². The largest absolute Gasteiger partial charge is 0.325 e. The van der Waals surface area contributed by atoms with Crippen molar-refractivity contribution < 1.29 is 14.2 Å². The molecule has 0 atom stereocenters. The molecule has 4 heteroatoms. The lowest BCUT2D eigenvalue weighted by Crippen LogP contribution is -2.64. The zero-order valence-corrected chi connectivity index (χ0v) is 8.79. The Hall–Kier alpha value is -0.630. The van der Waals surface area contributed by atoms with Crippen molar-refractivity contribution in [3.63, 3.8) is 0 Å². The summed E-state index contributed by atoms with van der Waals surface area (Å²) in [6.45, 7) is 7.37. The van der Waals surface area contributed by atoms with Gasteiger partial charge in [0.05, 0.1) is 25.9 Å². The molecular weight excluding hydrogens is 182 g/mol. The third-order valence-electron chi connectivity index (χ3n) is 2.88. The Bertz CT molecular complexity index is 268. The summed E-state index contributed by atoms with van der Waals surface area (Å²) in [4.78, 5) is 0. The van der Waals surface area contributed by atoms with Gasteiger partial charge in [0.2, 0.25) is 0 Å². The molecule has 78 valence electrons. The average Bonchev–Trinajstić information content (AvgIpc) is 2.19. The van der Waals surface area contributed by atoms with Crippen molar-refractivity contribution in [2.24, 2.45) is 10.8 Å². The van der Waals surface area contributed by atoms with Crippen LogP contribution in [0.4, 0.5) is 0 Å². The normalized spacial score (nSPS) is 42.1. The molecule has 3 aliphatic rings. The van der Waals surface area contributed by atoms with Crippen molar-refractivity contribution in [3.8, 4) is 6.07 Å². The van der Waals surface area contributed by atoms with Crippen LogP contribution in [0.3, 0.4) is 0 Å². The molecule has 2 bridgehead atoms. The standard InChI is InChI=1S/C10H15NO3/c1-8(2,4-11)10-12-5-9(3,6-13-10)7-14-10/h5-7H2,1-3H3. The monoisotopic (exact) mass is 197 g/mol. The first kappa shape index (κ1) is 9.91. The molecule has 3 heterocycles. The minimum Gasteiger partial charge on any atom is -0.325 e. The maximum Gasteiger partial charge on any atom is 0.302 e. The van der Waals surface area contributed by atoms with Crippen molar-refractivity contribution >= 4 is 0 Å². The predicted octanol–water partition coefficient (Wildman–Crippen LogP) is 1.27. The fraction of sp³-hybridized carbons (Fsp3) is 0.900. The summed E-state index contributed by atoms with van der Waals surface area (Å²) in [5, 5.41) is 9.03. The molecular formula is C10H15NO3. The highest BCUT2D eigenvalue weighted by atomic mass is 16.9. The van der Waals surface area contributed by atoms with Crippen LogP contribution in [0.25, 0.3) is 0 Å². The van der Waals surface area contributed by atoms with Gasteiger partial charge in [-0.2, -0.15) is 5.26 Å². The van der Waals surface area contributed by atoms with E-state index in [-0.39, 0.29) is 5.41 Å². The Kier molecular flexibility index (Phi) is 1.91. The van der Waals surface area contributed by atoms with Gasteiger partial charge < -0.3 is 14.2 Å². The van der Waals surface area contributed by atoms with E-state index in [1.165, 1.54) is 0 Å². The van der Waals surface area contributed by atoms with E-state index < -0.39 is 11.4 Å². The molecule has 0 aromatic carbocycles. The van der Waals surface area contributed by atoms with Crippen molar-refractivity contribution in [1.29, 1.82) is 5.26 Å². The fourth-order valence-corrected chi connectivity index (χ4v) is 1.67. The first-order valence-corrected chi connectivity index (χ1v) is 4.76. The lowest BCUT2D eigenvalue weighted by Gasteiger charge is -2.54. The minimum absolute atomic E-state index is 0.0483. The second kappa shape index (κ2) is 2.69. The average molecular weight is 197 g/mol. The molecule has 0 aromatic rings. The van der Waals surface area contributed by atoms with Crippen LogP contribution in [0, 0.1) is 22.2 Å². The van der Waals surface area contributed by atoms with E-state index in [0.717, 1.165) is 0 Å². The van der Waals surface area contributed by atoms with Gasteiger partial charge in [0, 0.05) is 5.41 Å². The number of hydrogen-bond acceptors (Lipinski definition) is 4. The van der Waals surface area contributed by atoms with Gasteiger partial charge in [0.15, 0.2) is 0 Å². The van der Waals surface area contributed by atoms with Gasteiger partial charge in [0.25, 0.3) is 0 Å². The Labute approximate surface area is 83.7 Å². The summed E-state index contributed by atoms with van der Waals surface area (Å²) in [6.07, 6.45) is 0. The highest BCUT2D eigenvalue weighted by Gasteiger charge is 2.59. The topological polar surface area (TPSA) is 51.5 Å². The second-order valence-electron chi connectivity index (χ2n) is 4.97. The molecule has 3 saturated heterocycles. The van der Waals surface area contributed by atoms with Crippen molar-refractivity contribution in [2.45, 2.75) is 26.7 Å². The Balaban J connectivity index is 2.25. The molecule has 0 aliphatic carbocycles. The van der Waals surface area contributed by atoms with Crippen LogP contribution < -0.4 is 0 Å². The highest BCUT2D eigenvalue weighted by Crippen LogP contribution is 2.46. The van der Waals surface area contributed by atoms with E-state index in [9.17, 15) is 0 Å². The molecule has 0 N–H and O–H groups in total. The van der Waals surface area contributed by atoms with E-state index in [1.807, 2.05) is 0 Å². The Morgan fingerprint density at radius 1 is 1.14 bits per heavy atom. The van der Waals surface area contributed by atoms with Crippen LogP contribution in [0.15, 0.2) is 0 Å². The van der Waals surface area contributed by atoms with E-state index in [4.69, 9.17) is 19.5 Å². The number of hydrogen-bond donors (Lipinski definition) is 0. The minimum atomic E-state index is -1.15. The van der Waals surface area contributed by atoms with Gasteiger partial charge in [0.1, 0.15) is 5.41 Å². The Morgan fingerprint density at radius 3 is 1.93 bits per heavy atom. The second-order valence-corrected chi connectivity index (χ2v) is 4.97. The summed E-state index contributed by atoms with van der Waals surface area (Å²) in [7, 11) is 0. The molecule has 0 spiro atoms. The van der Waals surface area contributed by atoms with Crippen molar-refractivity contribution in [2.75, 3.05) is 19.8 Å². The smallest absolute Gasteiger partial charge is 0.302 e. The number of nitrogens with zero attached hydrogens (tertiary/aromatic N) is 1. The number of ether oxygens (including phenoxy) is 3. The summed E-state index contributed by atoms with van der Waals surface area (Å²) in [5.74, 6) is -1.15. The van der Waals surface area contributed by atoms with E-state index >= 15 is 0 Å². The van der Waals surface area contributed by atoms with Crippen LogP contribution in [0.2, 0.25) is 0 Å². The van der Waals surface area contributed by atoms with E-state index in [1.54, 1.807) is 13.8 Å². The summed E-state index contributed by atoms with van der Waals surface area (Å²) < 4.78 is 16.7. The third-order valence-corrected chi connectivity index (χ3v) is 2.88. The van der Waals surface area contributed by atoms with E-state index in [0.29, 0.717) is 19.8 Å². The quantitative estimate of drug-likeness (QED) is 0.635.